The largest absolute Gasteiger partial charge is 0.281 e. The third-order valence-corrected chi connectivity index (χ3v) is 3.36. The van der Waals surface area contributed by atoms with Gasteiger partial charge in [-0.15, -0.1) is 11.6 Å². The molecule has 2 heteroatoms. The fraction of sp³-hybridized carbons (Fsp3) is 0.500. The molecule has 2 rings (SSSR count). The maximum atomic E-state index is 6.41. The van der Waals surface area contributed by atoms with Crippen LogP contribution < -0.4 is 0 Å². The standard InChI is InChI=1S/C12H16ClN/c1-12(13)8-5-9-14(12)10-11-6-3-2-4-7-11/h2-4,6-7H,5,8-10H2,1H3. The molecule has 0 spiro atoms. The molecule has 1 aromatic rings. The van der Waals surface area contributed by atoms with Crippen molar-refractivity contribution in [3.05, 3.63) is 35.9 Å². The van der Waals surface area contributed by atoms with Gasteiger partial charge < -0.3 is 0 Å². The first kappa shape index (κ1) is 10.0. The Labute approximate surface area is 90.7 Å². The van der Waals surface area contributed by atoms with Crippen LogP contribution >= 0.6 is 11.6 Å². The molecule has 14 heavy (non-hydrogen) atoms. The van der Waals surface area contributed by atoms with Gasteiger partial charge >= 0.3 is 0 Å². The highest BCUT2D eigenvalue weighted by Gasteiger charge is 2.33. The van der Waals surface area contributed by atoms with Gasteiger partial charge in [0, 0.05) is 13.1 Å². The van der Waals surface area contributed by atoms with Crippen LogP contribution in [0.4, 0.5) is 0 Å². The Hall–Kier alpha value is -0.530. The van der Waals surface area contributed by atoms with Crippen molar-refractivity contribution in [1.29, 1.82) is 0 Å². The minimum atomic E-state index is -0.129. The number of benzene rings is 1. The molecule has 76 valence electrons. The zero-order valence-electron chi connectivity index (χ0n) is 8.54. The van der Waals surface area contributed by atoms with Crippen molar-refractivity contribution in [2.24, 2.45) is 0 Å². The normalized spacial score (nSPS) is 28.1. The predicted molar refractivity (Wildman–Crippen MR) is 60.3 cm³/mol. The zero-order valence-corrected chi connectivity index (χ0v) is 9.30. The molecule has 1 atom stereocenters. The average molecular weight is 210 g/mol. The number of likely N-dealkylation sites (tertiary alicyclic amines) is 1. The third kappa shape index (κ3) is 2.10. The van der Waals surface area contributed by atoms with Gasteiger partial charge in [0.25, 0.3) is 0 Å². The molecule has 1 fully saturated rings. The molecule has 1 aliphatic heterocycles. The van der Waals surface area contributed by atoms with Crippen molar-refractivity contribution in [2.75, 3.05) is 6.54 Å². The van der Waals surface area contributed by atoms with Crippen LogP contribution in [-0.4, -0.2) is 16.4 Å². The number of alkyl halides is 1. The molecule has 1 aromatic carbocycles. The second kappa shape index (κ2) is 3.92. The fourth-order valence-corrected chi connectivity index (χ4v) is 2.31. The first-order chi connectivity index (χ1) is 6.68. The summed E-state index contributed by atoms with van der Waals surface area (Å²) in [7, 11) is 0. The molecule has 0 aliphatic carbocycles. The van der Waals surface area contributed by atoms with Gasteiger partial charge in [-0.2, -0.15) is 0 Å². The molecule has 1 saturated heterocycles. The maximum Gasteiger partial charge on any atom is 0.0935 e. The Morgan fingerprint density at radius 3 is 2.64 bits per heavy atom. The predicted octanol–water partition coefficient (Wildman–Crippen LogP) is 3.24. The van der Waals surface area contributed by atoms with Crippen LogP contribution in [0, 0.1) is 0 Å². The van der Waals surface area contributed by atoms with E-state index in [9.17, 15) is 0 Å². The summed E-state index contributed by atoms with van der Waals surface area (Å²) >= 11 is 6.41. The number of halogens is 1. The lowest BCUT2D eigenvalue weighted by atomic mass is 10.2. The van der Waals surface area contributed by atoms with E-state index in [0.717, 1.165) is 19.5 Å². The summed E-state index contributed by atoms with van der Waals surface area (Å²) in [5, 5.41) is 0. The number of hydrogen-bond donors (Lipinski definition) is 0. The van der Waals surface area contributed by atoms with Gasteiger partial charge in [0.1, 0.15) is 0 Å². The van der Waals surface area contributed by atoms with E-state index < -0.39 is 0 Å². The lowest BCUT2D eigenvalue weighted by molar-refractivity contribution is 0.225. The number of nitrogens with zero attached hydrogens (tertiary/aromatic N) is 1. The summed E-state index contributed by atoms with van der Waals surface area (Å²) in [5.74, 6) is 0. The molecule has 1 aliphatic rings. The van der Waals surface area contributed by atoms with E-state index in [2.05, 4.69) is 36.1 Å². The van der Waals surface area contributed by atoms with Crippen molar-refractivity contribution in [2.45, 2.75) is 31.3 Å². The van der Waals surface area contributed by atoms with E-state index in [-0.39, 0.29) is 5.00 Å². The quantitative estimate of drug-likeness (QED) is 0.534. The smallest absolute Gasteiger partial charge is 0.0935 e. The minimum absolute atomic E-state index is 0.129. The van der Waals surface area contributed by atoms with Crippen molar-refractivity contribution >= 4 is 11.6 Å². The van der Waals surface area contributed by atoms with E-state index in [1.165, 1.54) is 12.0 Å². The van der Waals surface area contributed by atoms with Crippen LogP contribution in [0.5, 0.6) is 0 Å². The van der Waals surface area contributed by atoms with Crippen molar-refractivity contribution in [1.82, 2.24) is 4.90 Å². The van der Waals surface area contributed by atoms with Crippen LogP contribution in [0.25, 0.3) is 0 Å². The van der Waals surface area contributed by atoms with Crippen molar-refractivity contribution in [3.63, 3.8) is 0 Å². The van der Waals surface area contributed by atoms with Gasteiger partial charge in [0.15, 0.2) is 0 Å². The Kier molecular flexibility index (Phi) is 2.80. The molecule has 1 nitrogen and oxygen atoms in total. The Morgan fingerprint density at radius 2 is 2.07 bits per heavy atom. The summed E-state index contributed by atoms with van der Waals surface area (Å²) in [6.45, 7) is 4.21. The van der Waals surface area contributed by atoms with Crippen LogP contribution in [-0.2, 0) is 6.54 Å². The van der Waals surface area contributed by atoms with E-state index in [1.807, 2.05) is 6.07 Å². The lowest BCUT2D eigenvalue weighted by Gasteiger charge is -2.29. The Morgan fingerprint density at radius 1 is 1.36 bits per heavy atom. The SMILES string of the molecule is CC1(Cl)CCCN1Cc1ccccc1. The van der Waals surface area contributed by atoms with Gasteiger partial charge in [-0.1, -0.05) is 30.3 Å². The molecule has 1 unspecified atom stereocenters. The topological polar surface area (TPSA) is 3.24 Å². The van der Waals surface area contributed by atoms with E-state index >= 15 is 0 Å². The third-order valence-electron chi connectivity index (χ3n) is 2.94. The van der Waals surface area contributed by atoms with Crippen LogP contribution in [0.1, 0.15) is 25.3 Å². The summed E-state index contributed by atoms with van der Waals surface area (Å²) in [4.78, 5) is 2.22. The molecule has 0 saturated carbocycles. The second-order valence-corrected chi connectivity index (χ2v) is 4.97. The molecular weight excluding hydrogens is 194 g/mol. The average Bonchev–Trinajstić information content (AvgIpc) is 2.48. The van der Waals surface area contributed by atoms with Crippen LogP contribution in [0.15, 0.2) is 30.3 Å². The van der Waals surface area contributed by atoms with Crippen LogP contribution in [0.3, 0.4) is 0 Å². The van der Waals surface area contributed by atoms with Gasteiger partial charge in [-0.25, -0.2) is 0 Å². The van der Waals surface area contributed by atoms with Crippen molar-refractivity contribution in [3.8, 4) is 0 Å². The monoisotopic (exact) mass is 209 g/mol. The summed E-state index contributed by atoms with van der Waals surface area (Å²) < 4.78 is 0. The lowest BCUT2D eigenvalue weighted by Crippen LogP contribution is -2.35. The molecule has 0 bridgehead atoms. The van der Waals surface area contributed by atoms with E-state index in [1.54, 1.807) is 0 Å². The Balaban J connectivity index is 2.05. The summed E-state index contributed by atoms with van der Waals surface area (Å²) in [5.41, 5.74) is 1.35. The van der Waals surface area contributed by atoms with Gasteiger partial charge in [0.05, 0.1) is 5.00 Å². The number of rotatable bonds is 2. The first-order valence-electron chi connectivity index (χ1n) is 5.16. The fourth-order valence-electron chi connectivity index (χ4n) is 2.03. The summed E-state index contributed by atoms with van der Waals surface area (Å²) in [6, 6.07) is 10.5. The van der Waals surface area contributed by atoms with E-state index in [0.29, 0.717) is 0 Å². The highest BCUT2D eigenvalue weighted by atomic mass is 35.5. The number of hydrogen-bond acceptors (Lipinski definition) is 1. The molecule has 0 N–H and O–H groups in total. The first-order valence-corrected chi connectivity index (χ1v) is 5.54. The van der Waals surface area contributed by atoms with Crippen LogP contribution in [0.2, 0.25) is 0 Å². The zero-order chi connectivity index (χ0) is 10.0. The molecule has 1 heterocycles. The molecule has 0 aromatic heterocycles. The summed E-state index contributed by atoms with van der Waals surface area (Å²) in [6.07, 6.45) is 2.31. The highest BCUT2D eigenvalue weighted by molar-refractivity contribution is 6.23. The van der Waals surface area contributed by atoms with E-state index in [4.69, 9.17) is 11.6 Å². The molecule has 0 amide bonds. The maximum absolute atomic E-state index is 6.41. The van der Waals surface area contributed by atoms with Gasteiger partial charge in [-0.3, -0.25) is 4.90 Å². The van der Waals surface area contributed by atoms with Gasteiger partial charge in [-0.05, 0) is 25.3 Å². The van der Waals surface area contributed by atoms with Gasteiger partial charge in [0.2, 0.25) is 0 Å². The minimum Gasteiger partial charge on any atom is -0.281 e. The Bertz CT molecular complexity index is 294. The molecular formula is C12H16ClN. The van der Waals surface area contributed by atoms with Crippen molar-refractivity contribution < 1.29 is 0 Å². The molecule has 0 radical (unpaired) electrons. The second-order valence-electron chi connectivity index (χ2n) is 4.15. The highest BCUT2D eigenvalue weighted by Crippen LogP contribution is 2.33.